The van der Waals surface area contributed by atoms with E-state index in [-0.39, 0.29) is 5.78 Å². The van der Waals surface area contributed by atoms with Gasteiger partial charge in [0.25, 0.3) is 0 Å². The molecular weight excluding hydrogens is 376 g/mol. The minimum atomic E-state index is -0.889. The molecule has 30 heavy (non-hydrogen) atoms. The highest BCUT2D eigenvalue weighted by atomic mass is 16.5. The van der Waals surface area contributed by atoms with Crippen LogP contribution in [0.1, 0.15) is 51.0 Å². The number of Topliss-reactive ketones (excluding diaryl/α,β-unsaturated/α-hetero) is 1. The quantitative estimate of drug-likeness (QED) is 0.390. The van der Waals surface area contributed by atoms with E-state index in [1.54, 1.807) is 6.92 Å². The lowest BCUT2D eigenvalue weighted by Crippen LogP contribution is -2.25. The first kappa shape index (κ1) is 18.6. The van der Waals surface area contributed by atoms with E-state index >= 15 is 0 Å². The van der Waals surface area contributed by atoms with Gasteiger partial charge < -0.3 is 9.72 Å². The summed E-state index contributed by atoms with van der Waals surface area (Å²) in [5.74, 6) is -0.654. The van der Waals surface area contributed by atoms with Gasteiger partial charge in [-0.3, -0.25) is 9.78 Å². The Labute approximate surface area is 174 Å². The van der Waals surface area contributed by atoms with Crippen LogP contribution in [0.4, 0.5) is 0 Å². The van der Waals surface area contributed by atoms with Gasteiger partial charge in [0.15, 0.2) is 6.10 Å². The van der Waals surface area contributed by atoms with Gasteiger partial charge in [-0.25, -0.2) is 4.79 Å². The van der Waals surface area contributed by atoms with E-state index in [1.807, 2.05) is 55.5 Å². The van der Waals surface area contributed by atoms with Crippen LogP contribution in [0.5, 0.6) is 0 Å². The zero-order valence-corrected chi connectivity index (χ0v) is 17.0. The number of esters is 1. The molecule has 0 bridgehead atoms. The van der Waals surface area contributed by atoms with Crippen molar-refractivity contribution in [3.63, 3.8) is 0 Å². The molecule has 1 aliphatic rings. The number of ether oxygens (including phenoxy) is 1. The monoisotopic (exact) mass is 398 g/mol. The molecule has 2 aromatic heterocycles. The molecule has 0 amide bonds. The number of fused-ring (bicyclic) bond motifs is 3. The summed E-state index contributed by atoms with van der Waals surface area (Å²) in [6.07, 6.45) is 1.76. The predicted molar refractivity (Wildman–Crippen MR) is 116 cm³/mol. The standard InChI is InChI=1S/C25H22N2O3/c1-14-22(16-8-3-5-11-19(16)26-14)24(28)15(2)30-25(29)23-17-9-4-6-12-20(17)27-21-13-7-10-18(21)23/h3-6,8-9,11-12,15,26H,7,10,13H2,1-2H3. The Hall–Kier alpha value is -3.47. The number of H-pyrrole nitrogens is 1. The number of pyridine rings is 1. The third-order valence-corrected chi connectivity index (χ3v) is 5.92. The summed E-state index contributed by atoms with van der Waals surface area (Å²) in [5, 5.41) is 1.63. The maximum absolute atomic E-state index is 13.2. The summed E-state index contributed by atoms with van der Waals surface area (Å²) in [4.78, 5) is 34.4. The van der Waals surface area contributed by atoms with Gasteiger partial charge in [0.2, 0.25) is 5.78 Å². The Morgan fingerprint density at radius 2 is 1.73 bits per heavy atom. The average Bonchev–Trinajstić information content (AvgIpc) is 3.34. The minimum absolute atomic E-state index is 0.201. The van der Waals surface area contributed by atoms with Crippen LogP contribution in [-0.2, 0) is 17.6 Å². The number of benzene rings is 2. The van der Waals surface area contributed by atoms with Crippen LogP contribution in [0.2, 0.25) is 0 Å². The van der Waals surface area contributed by atoms with Gasteiger partial charge in [0.1, 0.15) is 0 Å². The highest BCUT2D eigenvalue weighted by molar-refractivity contribution is 6.12. The number of hydrogen-bond donors (Lipinski definition) is 1. The van der Waals surface area contributed by atoms with Crippen molar-refractivity contribution in [1.82, 2.24) is 9.97 Å². The third kappa shape index (κ3) is 2.89. The van der Waals surface area contributed by atoms with Gasteiger partial charge in [0, 0.05) is 33.2 Å². The maximum atomic E-state index is 13.2. The summed E-state index contributed by atoms with van der Waals surface area (Å²) < 4.78 is 5.73. The molecule has 0 spiro atoms. The number of hydrogen-bond acceptors (Lipinski definition) is 4. The van der Waals surface area contributed by atoms with Crippen LogP contribution in [0, 0.1) is 6.92 Å². The molecule has 2 heterocycles. The number of aromatic amines is 1. The van der Waals surface area contributed by atoms with Crippen molar-refractivity contribution in [3.8, 4) is 0 Å². The second-order valence-corrected chi connectivity index (χ2v) is 7.87. The highest BCUT2D eigenvalue weighted by Crippen LogP contribution is 2.31. The van der Waals surface area contributed by atoms with Crippen molar-refractivity contribution >= 4 is 33.6 Å². The molecular formula is C25H22N2O3. The Morgan fingerprint density at radius 1 is 1.00 bits per heavy atom. The molecule has 2 aromatic carbocycles. The fourth-order valence-electron chi connectivity index (χ4n) is 4.51. The summed E-state index contributed by atoms with van der Waals surface area (Å²) in [6, 6.07) is 15.3. The summed E-state index contributed by atoms with van der Waals surface area (Å²) in [7, 11) is 0. The Balaban J connectivity index is 1.50. The van der Waals surface area contributed by atoms with Crippen LogP contribution in [0.15, 0.2) is 48.5 Å². The lowest BCUT2D eigenvalue weighted by Gasteiger charge is -2.16. The molecule has 0 saturated heterocycles. The predicted octanol–water partition coefficient (Wildman–Crippen LogP) is 4.94. The van der Waals surface area contributed by atoms with Crippen molar-refractivity contribution in [1.29, 1.82) is 0 Å². The number of aromatic nitrogens is 2. The first-order chi connectivity index (χ1) is 14.5. The zero-order valence-electron chi connectivity index (χ0n) is 17.0. The highest BCUT2D eigenvalue weighted by Gasteiger charge is 2.29. The van der Waals surface area contributed by atoms with Gasteiger partial charge >= 0.3 is 5.97 Å². The van der Waals surface area contributed by atoms with Crippen molar-refractivity contribution in [2.75, 3.05) is 0 Å². The molecule has 5 heteroatoms. The number of rotatable bonds is 4. The van der Waals surface area contributed by atoms with Gasteiger partial charge in [-0.2, -0.15) is 0 Å². The third-order valence-electron chi connectivity index (χ3n) is 5.92. The zero-order chi connectivity index (χ0) is 20.8. The molecule has 0 aliphatic heterocycles. The van der Waals surface area contributed by atoms with Crippen molar-refractivity contribution in [3.05, 3.63) is 76.6 Å². The van der Waals surface area contributed by atoms with E-state index in [2.05, 4.69) is 4.98 Å². The van der Waals surface area contributed by atoms with E-state index < -0.39 is 12.1 Å². The number of para-hydroxylation sites is 2. The van der Waals surface area contributed by atoms with Crippen LogP contribution in [0.25, 0.3) is 21.8 Å². The van der Waals surface area contributed by atoms with Gasteiger partial charge in [0.05, 0.1) is 11.1 Å². The molecule has 0 saturated carbocycles. The fraction of sp³-hybridized carbons (Fsp3) is 0.240. The van der Waals surface area contributed by atoms with E-state index in [0.717, 1.165) is 58.0 Å². The summed E-state index contributed by atoms with van der Waals surface area (Å²) in [6.45, 7) is 3.51. The van der Waals surface area contributed by atoms with E-state index in [0.29, 0.717) is 11.1 Å². The molecule has 0 radical (unpaired) electrons. The number of nitrogens with zero attached hydrogens (tertiary/aromatic N) is 1. The van der Waals surface area contributed by atoms with Crippen LogP contribution >= 0.6 is 0 Å². The smallest absolute Gasteiger partial charge is 0.339 e. The van der Waals surface area contributed by atoms with Crippen molar-refractivity contribution < 1.29 is 14.3 Å². The second kappa shape index (κ2) is 7.10. The number of nitrogens with one attached hydrogen (secondary N) is 1. The molecule has 5 rings (SSSR count). The fourth-order valence-corrected chi connectivity index (χ4v) is 4.51. The van der Waals surface area contributed by atoms with E-state index in [9.17, 15) is 9.59 Å². The molecule has 4 aromatic rings. The van der Waals surface area contributed by atoms with E-state index in [1.165, 1.54) is 0 Å². The Bertz CT molecular complexity index is 1320. The summed E-state index contributed by atoms with van der Waals surface area (Å²) in [5.41, 5.74) is 5.53. The van der Waals surface area contributed by atoms with Crippen molar-refractivity contribution in [2.45, 2.75) is 39.2 Å². The first-order valence-electron chi connectivity index (χ1n) is 10.3. The SMILES string of the molecule is Cc1[nH]c2ccccc2c1C(=O)C(C)OC(=O)c1c2c(nc3ccccc13)CCC2. The maximum Gasteiger partial charge on any atom is 0.339 e. The normalized spacial score (nSPS) is 14.1. The largest absolute Gasteiger partial charge is 0.451 e. The number of carbonyl (C=O) groups excluding carboxylic acids is 2. The lowest BCUT2D eigenvalue weighted by atomic mass is 10.0. The summed E-state index contributed by atoms with van der Waals surface area (Å²) >= 11 is 0. The molecule has 1 unspecified atom stereocenters. The lowest BCUT2D eigenvalue weighted by molar-refractivity contribution is 0.0320. The molecule has 1 N–H and O–H groups in total. The van der Waals surface area contributed by atoms with Crippen LogP contribution in [0.3, 0.4) is 0 Å². The molecule has 0 fully saturated rings. The second-order valence-electron chi connectivity index (χ2n) is 7.87. The van der Waals surface area contributed by atoms with Gasteiger partial charge in [-0.1, -0.05) is 36.4 Å². The van der Waals surface area contributed by atoms with E-state index in [4.69, 9.17) is 9.72 Å². The van der Waals surface area contributed by atoms with Gasteiger partial charge in [-0.15, -0.1) is 0 Å². The molecule has 150 valence electrons. The first-order valence-corrected chi connectivity index (χ1v) is 10.3. The molecule has 1 aliphatic carbocycles. The molecule has 5 nitrogen and oxygen atoms in total. The Morgan fingerprint density at radius 3 is 2.57 bits per heavy atom. The number of carbonyl (C=O) groups is 2. The van der Waals surface area contributed by atoms with Crippen LogP contribution < -0.4 is 0 Å². The average molecular weight is 398 g/mol. The Kier molecular flexibility index (Phi) is 4.39. The topological polar surface area (TPSA) is 72.1 Å². The number of ketones is 1. The van der Waals surface area contributed by atoms with Crippen molar-refractivity contribution in [2.24, 2.45) is 0 Å². The molecule has 1 atom stereocenters. The van der Waals surface area contributed by atoms with Crippen LogP contribution in [-0.4, -0.2) is 27.8 Å². The van der Waals surface area contributed by atoms with Gasteiger partial charge in [-0.05, 0) is 50.8 Å². The minimum Gasteiger partial charge on any atom is -0.451 e. The number of aryl methyl sites for hydroxylation is 2.